The van der Waals surface area contributed by atoms with Crippen molar-refractivity contribution in [2.24, 2.45) is 0 Å². The lowest BCUT2D eigenvalue weighted by Crippen LogP contribution is -2.35. The van der Waals surface area contributed by atoms with Crippen molar-refractivity contribution in [1.29, 1.82) is 0 Å². The highest BCUT2D eigenvalue weighted by Gasteiger charge is 2.18. The fourth-order valence-corrected chi connectivity index (χ4v) is 6.15. The molecule has 0 radical (unpaired) electrons. The number of allylic oxidation sites excluding steroid dienone is 8. The van der Waals surface area contributed by atoms with Crippen LogP contribution in [0, 0.1) is 0 Å². The molecule has 1 fully saturated rings. The zero-order valence-corrected chi connectivity index (χ0v) is 31.1. The minimum atomic E-state index is 0.237. The molecule has 0 spiro atoms. The summed E-state index contributed by atoms with van der Waals surface area (Å²) >= 11 is 0. The topological polar surface area (TPSA) is 21.7 Å². The Kier molecular flexibility index (Phi) is 34.2. The van der Waals surface area contributed by atoms with Crippen LogP contribution in [0.3, 0.4) is 0 Å². The Morgan fingerprint density at radius 3 is 1.37 bits per heavy atom. The van der Waals surface area contributed by atoms with Crippen molar-refractivity contribution < 1.29 is 9.47 Å². The molecule has 0 aromatic heterocycles. The fourth-order valence-electron chi connectivity index (χ4n) is 6.15. The second-order valence-electron chi connectivity index (χ2n) is 13.7. The second kappa shape index (κ2) is 36.7. The van der Waals surface area contributed by atoms with Crippen molar-refractivity contribution in [1.82, 2.24) is 4.90 Å². The van der Waals surface area contributed by atoms with Crippen molar-refractivity contribution >= 4 is 0 Å². The number of rotatable bonds is 35. The van der Waals surface area contributed by atoms with Crippen LogP contribution in [0.5, 0.6) is 0 Å². The van der Waals surface area contributed by atoms with Crippen LogP contribution in [0.25, 0.3) is 0 Å². The lowest BCUT2D eigenvalue weighted by molar-refractivity contribution is -0.0316. The Balaban J connectivity index is 1.97. The van der Waals surface area contributed by atoms with Crippen LogP contribution in [0.4, 0.5) is 0 Å². The van der Waals surface area contributed by atoms with Crippen molar-refractivity contribution in [2.75, 3.05) is 39.5 Å². The molecule has 46 heavy (non-hydrogen) atoms. The van der Waals surface area contributed by atoms with Crippen LogP contribution in [0.2, 0.25) is 0 Å². The van der Waals surface area contributed by atoms with E-state index in [1.807, 2.05) is 0 Å². The quantitative estimate of drug-likeness (QED) is 0.0508. The Bertz CT molecular complexity index is 706. The predicted octanol–water partition coefficient (Wildman–Crippen LogP) is 13.1. The van der Waals surface area contributed by atoms with E-state index in [0.717, 1.165) is 39.2 Å². The molecule has 1 saturated heterocycles. The molecule has 1 rings (SSSR count). The molecular formula is C43H79NO2. The molecule has 1 aliphatic heterocycles. The van der Waals surface area contributed by atoms with E-state index in [1.54, 1.807) is 0 Å². The Morgan fingerprint density at radius 2 is 0.891 bits per heavy atom. The van der Waals surface area contributed by atoms with Gasteiger partial charge in [0.2, 0.25) is 0 Å². The highest BCUT2D eigenvalue weighted by atomic mass is 16.5. The van der Waals surface area contributed by atoms with Gasteiger partial charge in [-0.25, -0.2) is 0 Å². The number of ether oxygens (including phenoxy) is 2. The van der Waals surface area contributed by atoms with Crippen molar-refractivity contribution in [3.63, 3.8) is 0 Å². The Morgan fingerprint density at radius 1 is 0.478 bits per heavy atom. The van der Waals surface area contributed by atoms with Crippen LogP contribution in [0.1, 0.15) is 181 Å². The fraction of sp³-hybridized carbons (Fsp3) is 0.814. The third-order valence-corrected chi connectivity index (χ3v) is 9.15. The first kappa shape index (κ1) is 42.9. The molecule has 0 bridgehead atoms. The maximum absolute atomic E-state index is 6.37. The highest BCUT2D eigenvalue weighted by Crippen LogP contribution is 2.13. The van der Waals surface area contributed by atoms with Gasteiger partial charge in [0, 0.05) is 19.8 Å². The molecule has 268 valence electrons. The molecule has 0 aliphatic carbocycles. The molecule has 1 heterocycles. The molecule has 1 atom stereocenters. The van der Waals surface area contributed by atoms with Gasteiger partial charge in [0.05, 0.1) is 12.7 Å². The van der Waals surface area contributed by atoms with Gasteiger partial charge in [-0.3, -0.25) is 0 Å². The van der Waals surface area contributed by atoms with Crippen molar-refractivity contribution in [3.05, 3.63) is 48.6 Å². The Labute approximate surface area is 288 Å². The molecule has 0 amide bonds. The van der Waals surface area contributed by atoms with Gasteiger partial charge in [0.25, 0.3) is 0 Å². The van der Waals surface area contributed by atoms with E-state index in [9.17, 15) is 0 Å². The third-order valence-electron chi connectivity index (χ3n) is 9.15. The first-order valence-corrected chi connectivity index (χ1v) is 20.4. The largest absolute Gasteiger partial charge is 0.379 e. The number of hydrogen-bond acceptors (Lipinski definition) is 3. The van der Waals surface area contributed by atoms with Crippen LogP contribution in [-0.2, 0) is 9.47 Å². The van der Waals surface area contributed by atoms with Crippen LogP contribution < -0.4 is 0 Å². The van der Waals surface area contributed by atoms with Crippen molar-refractivity contribution in [2.45, 2.75) is 187 Å². The molecular weight excluding hydrogens is 562 g/mol. The normalized spacial score (nSPS) is 15.2. The summed E-state index contributed by atoms with van der Waals surface area (Å²) in [6.45, 7) is 10.6. The van der Waals surface area contributed by atoms with Gasteiger partial charge in [-0.05, 0) is 103 Å². The summed E-state index contributed by atoms with van der Waals surface area (Å²) in [6, 6.07) is 0. The van der Waals surface area contributed by atoms with E-state index in [0.29, 0.717) is 0 Å². The number of unbranched alkanes of at least 4 members (excludes halogenated alkanes) is 18. The summed E-state index contributed by atoms with van der Waals surface area (Å²) in [7, 11) is 0. The summed E-state index contributed by atoms with van der Waals surface area (Å²) in [5.41, 5.74) is 0. The van der Waals surface area contributed by atoms with Gasteiger partial charge < -0.3 is 14.4 Å². The summed E-state index contributed by atoms with van der Waals surface area (Å²) in [5.74, 6) is 0. The van der Waals surface area contributed by atoms with Crippen LogP contribution in [-0.4, -0.2) is 50.5 Å². The average molecular weight is 642 g/mol. The SMILES string of the molecule is CCCCC/C=C\C/C=C\CCCCCCCCOC[C@H](CN1CCCC1)OCCCCCCCC/C=C\C/C=C\CCCCC. The Hall–Kier alpha value is -1.16. The van der Waals surface area contributed by atoms with Gasteiger partial charge in [0.15, 0.2) is 0 Å². The summed E-state index contributed by atoms with van der Waals surface area (Å²) in [6.07, 6.45) is 52.7. The average Bonchev–Trinajstić information content (AvgIpc) is 3.58. The third kappa shape index (κ3) is 31.4. The van der Waals surface area contributed by atoms with Gasteiger partial charge in [0.1, 0.15) is 0 Å². The van der Waals surface area contributed by atoms with Crippen LogP contribution >= 0.6 is 0 Å². The predicted molar refractivity (Wildman–Crippen MR) is 205 cm³/mol. The van der Waals surface area contributed by atoms with Gasteiger partial charge in [-0.15, -0.1) is 0 Å². The minimum Gasteiger partial charge on any atom is -0.379 e. The van der Waals surface area contributed by atoms with E-state index in [1.165, 1.54) is 167 Å². The summed E-state index contributed by atoms with van der Waals surface area (Å²) in [5, 5.41) is 0. The van der Waals surface area contributed by atoms with Gasteiger partial charge >= 0.3 is 0 Å². The van der Waals surface area contributed by atoms with E-state index in [2.05, 4.69) is 67.4 Å². The minimum absolute atomic E-state index is 0.237. The summed E-state index contributed by atoms with van der Waals surface area (Å²) < 4.78 is 12.5. The summed E-state index contributed by atoms with van der Waals surface area (Å²) in [4.78, 5) is 2.58. The van der Waals surface area contributed by atoms with Gasteiger partial charge in [-0.2, -0.15) is 0 Å². The van der Waals surface area contributed by atoms with E-state index >= 15 is 0 Å². The number of hydrogen-bond donors (Lipinski definition) is 0. The number of likely N-dealkylation sites (tertiary alicyclic amines) is 1. The maximum Gasteiger partial charge on any atom is 0.0934 e. The molecule has 1 aliphatic rings. The monoisotopic (exact) mass is 642 g/mol. The lowest BCUT2D eigenvalue weighted by atomic mass is 10.1. The zero-order valence-electron chi connectivity index (χ0n) is 31.1. The van der Waals surface area contributed by atoms with Gasteiger partial charge in [-0.1, -0.05) is 140 Å². The van der Waals surface area contributed by atoms with Crippen LogP contribution in [0.15, 0.2) is 48.6 Å². The lowest BCUT2D eigenvalue weighted by Gasteiger charge is -2.24. The first-order chi connectivity index (χ1) is 22.9. The van der Waals surface area contributed by atoms with E-state index < -0.39 is 0 Å². The highest BCUT2D eigenvalue weighted by molar-refractivity contribution is 4.93. The maximum atomic E-state index is 6.37. The molecule has 0 N–H and O–H groups in total. The molecule has 0 aromatic carbocycles. The molecule has 0 unspecified atom stereocenters. The molecule has 0 saturated carbocycles. The van der Waals surface area contributed by atoms with Crippen molar-refractivity contribution in [3.8, 4) is 0 Å². The smallest absolute Gasteiger partial charge is 0.0934 e. The standard InChI is InChI=1S/C43H79NO2/c1-3-5-7-9-11-13-15-17-19-21-23-25-27-29-31-35-39-45-42-43(41-44-37-33-34-38-44)46-40-36-32-30-28-26-24-22-20-18-16-14-12-10-8-6-4-2/h11-14,17-20,43H,3-10,15-16,21-42H2,1-2H3/b13-11-,14-12-,19-17-,20-18-/t43-/m0/s1. The zero-order chi connectivity index (χ0) is 32.9. The molecule has 0 aromatic rings. The van der Waals surface area contributed by atoms with E-state index in [4.69, 9.17) is 9.47 Å². The second-order valence-corrected chi connectivity index (χ2v) is 13.7. The number of nitrogens with zero attached hydrogens (tertiary/aromatic N) is 1. The molecule has 3 heteroatoms. The van der Waals surface area contributed by atoms with E-state index in [-0.39, 0.29) is 6.10 Å². The molecule has 3 nitrogen and oxygen atoms in total. The first-order valence-electron chi connectivity index (χ1n) is 20.4.